The third kappa shape index (κ3) is 5.24. The standard InChI is InChI=1S/C17H26N2O/c18-15-12-10-14(11-13-15)6-5-9-17(20)19-16-7-3-1-2-4-8-16/h10-13,16H,1-9,18H2,(H,19,20). The number of rotatable bonds is 5. The molecule has 3 heteroatoms. The van der Waals surface area contributed by atoms with Crippen LogP contribution < -0.4 is 11.1 Å². The molecule has 0 radical (unpaired) electrons. The van der Waals surface area contributed by atoms with Gasteiger partial charge in [0.05, 0.1) is 0 Å². The van der Waals surface area contributed by atoms with Gasteiger partial charge in [0.1, 0.15) is 0 Å². The molecule has 1 amide bonds. The average molecular weight is 274 g/mol. The fraction of sp³-hybridized carbons (Fsp3) is 0.588. The third-order valence-corrected chi connectivity index (χ3v) is 4.07. The van der Waals surface area contributed by atoms with Gasteiger partial charge in [0.2, 0.25) is 5.91 Å². The lowest BCUT2D eigenvalue weighted by Gasteiger charge is -2.16. The van der Waals surface area contributed by atoms with E-state index in [9.17, 15) is 4.79 Å². The molecule has 0 spiro atoms. The maximum absolute atomic E-state index is 11.9. The van der Waals surface area contributed by atoms with Crippen LogP contribution in [0, 0.1) is 0 Å². The van der Waals surface area contributed by atoms with Gasteiger partial charge in [0.25, 0.3) is 0 Å². The minimum absolute atomic E-state index is 0.215. The largest absolute Gasteiger partial charge is 0.399 e. The number of nitrogens with two attached hydrogens (primary N) is 1. The Balaban J connectivity index is 1.65. The van der Waals surface area contributed by atoms with Gasteiger partial charge >= 0.3 is 0 Å². The molecule has 0 aliphatic heterocycles. The van der Waals surface area contributed by atoms with Crippen molar-refractivity contribution in [2.24, 2.45) is 0 Å². The van der Waals surface area contributed by atoms with Gasteiger partial charge in [0, 0.05) is 18.2 Å². The molecular weight excluding hydrogens is 248 g/mol. The van der Waals surface area contributed by atoms with Crippen LogP contribution in [0.15, 0.2) is 24.3 Å². The highest BCUT2D eigenvalue weighted by molar-refractivity contribution is 5.76. The van der Waals surface area contributed by atoms with Crippen molar-refractivity contribution < 1.29 is 4.79 Å². The summed E-state index contributed by atoms with van der Waals surface area (Å²) in [5.41, 5.74) is 7.70. The van der Waals surface area contributed by atoms with E-state index in [0.717, 1.165) is 31.4 Å². The Bertz CT molecular complexity index is 406. The van der Waals surface area contributed by atoms with Crippen LogP contribution in [0.25, 0.3) is 0 Å². The number of aryl methyl sites for hydroxylation is 1. The second kappa shape index (κ2) is 7.93. The number of benzene rings is 1. The fourth-order valence-corrected chi connectivity index (χ4v) is 2.86. The number of nitrogen functional groups attached to an aromatic ring is 1. The summed E-state index contributed by atoms with van der Waals surface area (Å²) in [7, 11) is 0. The molecular formula is C17H26N2O. The second-order valence-corrected chi connectivity index (χ2v) is 5.85. The Morgan fingerprint density at radius 2 is 1.75 bits per heavy atom. The monoisotopic (exact) mass is 274 g/mol. The molecule has 0 saturated heterocycles. The van der Waals surface area contributed by atoms with Gasteiger partial charge < -0.3 is 11.1 Å². The van der Waals surface area contributed by atoms with E-state index in [0.29, 0.717) is 12.5 Å². The van der Waals surface area contributed by atoms with Crippen LogP contribution in [0.5, 0.6) is 0 Å². The Hall–Kier alpha value is -1.51. The molecule has 1 aliphatic rings. The lowest BCUT2D eigenvalue weighted by molar-refractivity contribution is -0.121. The van der Waals surface area contributed by atoms with Crippen molar-refractivity contribution in [3.63, 3.8) is 0 Å². The smallest absolute Gasteiger partial charge is 0.220 e. The molecule has 1 aromatic rings. The predicted molar refractivity (Wildman–Crippen MR) is 83.4 cm³/mol. The summed E-state index contributed by atoms with van der Waals surface area (Å²) in [6.07, 6.45) is 9.95. The molecule has 0 atom stereocenters. The highest BCUT2D eigenvalue weighted by atomic mass is 16.1. The van der Waals surface area contributed by atoms with Crippen LogP contribution in [0.2, 0.25) is 0 Å². The van der Waals surface area contributed by atoms with Gasteiger partial charge in [-0.05, 0) is 43.4 Å². The minimum Gasteiger partial charge on any atom is -0.399 e. The van der Waals surface area contributed by atoms with E-state index < -0.39 is 0 Å². The van der Waals surface area contributed by atoms with E-state index in [1.165, 1.54) is 31.2 Å². The second-order valence-electron chi connectivity index (χ2n) is 5.85. The first-order valence-corrected chi connectivity index (χ1v) is 7.88. The van der Waals surface area contributed by atoms with Gasteiger partial charge in [-0.3, -0.25) is 4.79 Å². The van der Waals surface area contributed by atoms with Crippen molar-refractivity contribution in [1.29, 1.82) is 0 Å². The van der Waals surface area contributed by atoms with Crippen LogP contribution in [0.3, 0.4) is 0 Å². The van der Waals surface area contributed by atoms with Crippen molar-refractivity contribution in [2.75, 3.05) is 5.73 Å². The first kappa shape index (κ1) is 14.9. The number of carbonyl (C=O) groups is 1. The van der Waals surface area contributed by atoms with E-state index in [4.69, 9.17) is 5.73 Å². The zero-order valence-corrected chi connectivity index (χ0v) is 12.2. The molecule has 1 aromatic carbocycles. The molecule has 2 rings (SSSR count). The molecule has 1 saturated carbocycles. The maximum atomic E-state index is 11.9. The normalized spacial score (nSPS) is 16.6. The van der Waals surface area contributed by atoms with Crippen LogP contribution in [-0.4, -0.2) is 11.9 Å². The van der Waals surface area contributed by atoms with Crippen LogP contribution in [0.1, 0.15) is 56.9 Å². The summed E-state index contributed by atoms with van der Waals surface area (Å²) in [5, 5.41) is 3.20. The number of hydrogen-bond acceptors (Lipinski definition) is 2. The lowest BCUT2D eigenvalue weighted by Crippen LogP contribution is -2.34. The lowest BCUT2D eigenvalue weighted by atomic mass is 10.1. The third-order valence-electron chi connectivity index (χ3n) is 4.07. The molecule has 0 unspecified atom stereocenters. The number of nitrogens with one attached hydrogen (secondary N) is 1. The molecule has 1 aliphatic carbocycles. The van der Waals surface area contributed by atoms with Gasteiger partial charge in [-0.2, -0.15) is 0 Å². The summed E-state index contributed by atoms with van der Waals surface area (Å²) >= 11 is 0. The molecule has 3 N–H and O–H groups in total. The molecule has 3 nitrogen and oxygen atoms in total. The SMILES string of the molecule is Nc1ccc(CCCC(=O)NC2CCCCCC2)cc1. The summed E-state index contributed by atoms with van der Waals surface area (Å²) in [5.74, 6) is 0.215. The Labute approximate surface area is 121 Å². The van der Waals surface area contributed by atoms with Crippen molar-refractivity contribution in [3.05, 3.63) is 29.8 Å². The minimum atomic E-state index is 0.215. The van der Waals surface area contributed by atoms with E-state index in [1.807, 2.05) is 24.3 Å². The van der Waals surface area contributed by atoms with Gasteiger partial charge in [-0.15, -0.1) is 0 Å². The number of anilines is 1. The van der Waals surface area contributed by atoms with Crippen molar-refractivity contribution in [3.8, 4) is 0 Å². The Kier molecular flexibility index (Phi) is 5.90. The van der Waals surface area contributed by atoms with Crippen LogP contribution in [0.4, 0.5) is 5.69 Å². The fourth-order valence-electron chi connectivity index (χ4n) is 2.86. The molecule has 110 valence electrons. The average Bonchev–Trinajstić information content (AvgIpc) is 2.70. The summed E-state index contributed by atoms with van der Waals surface area (Å²) in [6.45, 7) is 0. The molecule has 0 bridgehead atoms. The van der Waals surface area contributed by atoms with Crippen LogP contribution in [-0.2, 0) is 11.2 Å². The molecule has 0 heterocycles. The highest BCUT2D eigenvalue weighted by Crippen LogP contribution is 2.17. The zero-order valence-electron chi connectivity index (χ0n) is 12.2. The van der Waals surface area contributed by atoms with Crippen molar-refractivity contribution in [2.45, 2.75) is 63.8 Å². The van der Waals surface area contributed by atoms with Gasteiger partial charge in [0.15, 0.2) is 0 Å². The first-order chi connectivity index (χ1) is 9.74. The van der Waals surface area contributed by atoms with E-state index >= 15 is 0 Å². The summed E-state index contributed by atoms with van der Waals surface area (Å²) < 4.78 is 0. The quantitative estimate of drug-likeness (QED) is 0.638. The summed E-state index contributed by atoms with van der Waals surface area (Å²) in [6, 6.07) is 8.33. The molecule has 0 aromatic heterocycles. The van der Waals surface area contributed by atoms with Crippen molar-refractivity contribution >= 4 is 11.6 Å². The van der Waals surface area contributed by atoms with Gasteiger partial charge in [-0.25, -0.2) is 0 Å². The highest BCUT2D eigenvalue weighted by Gasteiger charge is 2.14. The molecule has 1 fully saturated rings. The Morgan fingerprint density at radius 3 is 2.40 bits per heavy atom. The summed E-state index contributed by atoms with van der Waals surface area (Å²) in [4.78, 5) is 11.9. The number of hydrogen-bond donors (Lipinski definition) is 2. The van der Waals surface area contributed by atoms with E-state index in [-0.39, 0.29) is 5.91 Å². The molecule has 20 heavy (non-hydrogen) atoms. The topological polar surface area (TPSA) is 55.1 Å². The predicted octanol–water partition coefficient (Wildman–Crippen LogP) is 3.43. The number of carbonyl (C=O) groups excluding carboxylic acids is 1. The van der Waals surface area contributed by atoms with E-state index in [1.54, 1.807) is 0 Å². The first-order valence-electron chi connectivity index (χ1n) is 7.88. The van der Waals surface area contributed by atoms with Crippen molar-refractivity contribution in [1.82, 2.24) is 5.32 Å². The van der Waals surface area contributed by atoms with Gasteiger partial charge in [-0.1, -0.05) is 37.8 Å². The Morgan fingerprint density at radius 1 is 1.10 bits per heavy atom. The maximum Gasteiger partial charge on any atom is 0.220 e. The van der Waals surface area contributed by atoms with Crippen LogP contribution >= 0.6 is 0 Å². The number of amides is 1. The zero-order chi connectivity index (χ0) is 14.2. The van der Waals surface area contributed by atoms with E-state index in [2.05, 4.69) is 5.32 Å².